The van der Waals surface area contributed by atoms with Crippen LogP contribution in [0.25, 0.3) is 0 Å². The van der Waals surface area contributed by atoms with Crippen LogP contribution >= 0.6 is 0 Å². The van der Waals surface area contributed by atoms with E-state index in [9.17, 15) is 17.6 Å². The molecule has 9 heteroatoms. The molecule has 0 spiro atoms. The molecule has 1 heterocycles. The summed E-state index contributed by atoms with van der Waals surface area (Å²) in [5.41, 5.74) is 7.68. The van der Waals surface area contributed by atoms with E-state index in [0.717, 1.165) is 11.1 Å². The Hall–Kier alpha value is -2.33. The zero-order valence-electron chi connectivity index (χ0n) is 17.1. The predicted octanol–water partition coefficient (Wildman–Crippen LogP) is 1.94. The summed E-state index contributed by atoms with van der Waals surface area (Å²) in [6.07, 6.45) is 0. The van der Waals surface area contributed by atoms with E-state index in [-0.39, 0.29) is 35.1 Å². The van der Waals surface area contributed by atoms with Gasteiger partial charge in [0.2, 0.25) is 15.9 Å². The first-order chi connectivity index (χ1) is 14.4. The molecule has 3 rings (SSSR count). The number of nitrogens with zero attached hydrogens (tertiary/aromatic N) is 1. The van der Waals surface area contributed by atoms with Gasteiger partial charge in [0.05, 0.1) is 16.9 Å². The molecule has 1 fully saturated rings. The third kappa shape index (κ3) is 4.86. The number of carbonyl (C=O) groups is 1. The second-order valence-electron chi connectivity index (χ2n) is 7.11. The molecule has 2 aromatic carbocycles. The first kappa shape index (κ1) is 22.4. The van der Waals surface area contributed by atoms with Crippen molar-refractivity contribution in [3.63, 3.8) is 0 Å². The molecule has 2 atom stereocenters. The van der Waals surface area contributed by atoms with E-state index < -0.39 is 10.0 Å². The molecule has 7 nitrogen and oxygen atoms in total. The lowest BCUT2D eigenvalue weighted by molar-refractivity contribution is -0.125. The van der Waals surface area contributed by atoms with Gasteiger partial charge < -0.3 is 5.32 Å². The molecule has 3 N–H and O–H groups in total. The van der Waals surface area contributed by atoms with Crippen LogP contribution in [0.15, 0.2) is 53.4 Å². The highest BCUT2D eigenvalue weighted by molar-refractivity contribution is 7.89. The van der Waals surface area contributed by atoms with Gasteiger partial charge in [-0.2, -0.15) is 4.31 Å². The second kappa shape index (κ2) is 9.65. The van der Waals surface area contributed by atoms with E-state index in [4.69, 9.17) is 0 Å². The van der Waals surface area contributed by atoms with Crippen LogP contribution in [0.5, 0.6) is 0 Å². The van der Waals surface area contributed by atoms with Gasteiger partial charge in [-0.05, 0) is 35.4 Å². The molecule has 0 bridgehead atoms. The Morgan fingerprint density at radius 3 is 2.33 bits per heavy atom. The number of amides is 1. The fraction of sp³-hybridized carbons (Fsp3) is 0.381. The molecule has 0 radical (unpaired) electrons. The van der Waals surface area contributed by atoms with Crippen molar-refractivity contribution in [2.45, 2.75) is 31.3 Å². The summed E-state index contributed by atoms with van der Waals surface area (Å²) < 4.78 is 39.7. The number of sulfonamides is 1. The molecule has 0 aromatic heterocycles. The zero-order chi connectivity index (χ0) is 21.7. The largest absolute Gasteiger partial charge is 0.352 e. The minimum atomic E-state index is -3.50. The minimum absolute atomic E-state index is 0.137. The lowest BCUT2D eigenvalue weighted by atomic mass is 9.94. The average Bonchev–Trinajstić information content (AvgIpc) is 3.23. The molecule has 2 unspecified atom stereocenters. The van der Waals surface area contributed by atoms with Gasteiger partial charge in [-0.15, -0.1) is 0 Å². The van der Waals surface area contributed by atoms with Crippen molar-refractivity contribution >= 4 is 15.9 Å². The van der Waals surface area contributed by atoms with Gasteiger partial charge in [0.1, 0.15) is 5.82 Å². The Balaban J connectivity index is 1.62. The number of benzene rings is 2. The number of halogens is 1. The van der Waals surface area contributed by atoms with Gasteiger partial charge in [-0.25, -0.2) is 18.2 Å². The molecule has 1 saturated heterocycles. The molecule has 1 aliphatic rings. The highest BCUT2D eigenvalue weighted by atomic mass is 32.2. The number of nitrogens with one attached hydrogen (secondary N) is 3. The summed E-state index contributed by atoms with van der Waals surface area (Å²) >= 11 is 0. The van der Waals surface area contributed by atoms with Crippen LogP contribution in [0.4, 0.5) is 4.39 Å². The van der Waals surface area contributed by atoms with Crippen molar-refractivity contribution < 1.29 is 17.6 Å². The van der Waals surface area contributed by atoms with E-state index in [0.29, 0.717) is 19.6 Å². The van der Waals surface area contributed by atoms with Crippen molar-refractivity contribution in [1.29, 1.82) is 0 Å². The maximum atomic E-state index is 13.2. The van der Waals surface area contributed by atoms with E-state index in [1.54, 1.807) is 50.2 Å². The summed E-state index contributed by atoms with van der Waals surface area (Å²) in [6.45, 7) is 5.17. The highest BCUT2D eigenvalue weighted by Crippen LogP contribution is 2.25. The average molecular weight is 435 g/mol. The first-order valence-corrected chi connectivity index (χ1v) is 11.4. The van der Waals surface area contributed by atoms with Crippen LogP contribution in [-0.2, 0) is 21.4 Å². The van der Waals surface area contributed by atoms with Crippen LogP contribution in [-0.4, -0.2) is 38.3 Å². The predicted molar refractivity (Wildman–Crippen MR) is 112 cm³/mol. The quantitative estimate of drug-likeness (QED) is 0.591. The summed E-state index contributed by atoms with van der Waals surface area (Å²) in [7, 11) is -3.50. The topological polar surface area (TPSA) is 90.5 Å². The maximum Gasteiger partial charge on any atom is 0.243 e. The van der Waals surface area contributed by atoms with Crippen molar-refractivity contribution in [1.82, 2.24) is 20.5 Å². The van der Waals surface area contributed by atoms with Gasteiger partial charge in [-0.3, -0.25) is 10.2 Å². The molecule has 1 amide bonds. The standard InChI is InChI=1S/C21H27FN4O3S/c1-3-26(4-2)30(28,29)18-11-5-15(6-12-18)13-23-21(27)19-14-24-25-20(19)16-7-9-17(22)10-8-16/h5-12,19-20,24-25H,3-4,13-14H2,1-2H3,(H,23,27). The minimum Gasteiger partial charge on any atom is -0.352 e. The molecule has 30 heavy (non-hydrogen) atoms. The van der Waals surface area contributed by atoms with Crippen molar-refractivity contribution in [3.05, 3.63) is 65.5 Å². The highest BCUT2D eigenvalue weighted by Gasteiger charge is 2.33. The third-order valence-corrected chi connectivity index (χ3v) is 7.35. The smallest absolute Gasteiger partial charge is 0.243 e. The maximum absolute atomic E-state index is 13.2. The van der Waals surface area contributed by atoms with E-state index in [2.05, 4.69) is 16.2 Å². The number of rotatable bonds is 8. The van der Waals surface area contributed by atoms with Crippen molar-refractivity contribution in [2.24, 2.45) is 5.92 Å². The normalized spacial score (nSPS) is 19.2. The summed E-state index contributed by atoms with van der Waals surface area (Å²) in [5, 5.41) is 2.90. The van der Waals surface area contributed by atoms with Crippen molar-refractivity contribution in [3.8, 4) is 0 Å². The Kier molecular flexibility index (Phi) is 7.19. The fourth-order valence-electron chi connectivity index (χ4n) is 3.54. The van der Waals surface area contributed by atoms with Gasteiger partial charge in [-0.1, -0.05) is 38.1 Å². The van der Waals surface area contributed by atoms with Gasteiger partial charge in [0.15, 0.2) is 0 Å². The van der Waals surface area contributed by atoms with E-state index in [1.807, 2.05) is 0 Å². The summed E-state index contributed by atoms with van der Waals surface area (Å²) in [5.74, 6) is -0.809. The van der Waals surface area contributed by atoms with E-state index in [1.165, 1.54) is 16.4 Å². The number of hydrogen-bond acceptors (Lipinski definition) is 5. The summed E-state index contributed by atoms with van der Waals surface area (Å²) in [4.78, 5) is 12.9. The van der Waals surface area contributed by atoms with Crippen LogP contribution < -0.4 is 16.2 Å². The van der Waals surface area contributed by atoms with Gasteiger partial charge >= 0.3 is 0 Å². The van der Waals surface area contributed by atoms with Crippen LogP contribution in [0.2, 0.25) is 0 Å². The Labute approximate surface area is 176 Å². The molecule has 162 valence electrons. The summed E-state index contributed by atoms with van der Waals surface area (Å²) in [6, 6.07) is 12.4. The molecule has 0 aliphatic carbocycles. The lowest BCUT2D eigenvalue weighted by Crippen LogP contribution is -2.34. The van der Waals surface area contributed by atoms with Gasteiger partial charge in [0.25, 0.3) is 0 Å². The molecule has 2 aromatic rings. The van der Waals surface area contributed by atoms with Crippen LogP contribution in [0.1, 0.15) is 31.0 Å². The first-order valence-electron chi connectivity index (χ1n) is 9.97. The van der Waals surface area contributed by atoms with Crippen LogP contribution in [0.3, 0.4) is 0 Å². The number of hydrazine groups is 1. The fourth-order valence-corrected chi connectivity index (χ4v) is 5.00. The Morgan fingerprint density at radius 1 is 1.10 bits per heavy atom. The molecule has 1 aliphatic heterocycles. The monoisotopic (exact) mass is 434 g/mol. The van der Waals surface area contributed by atoms with Crippen LogP contribution in [0, 0.1) is 11.7 Å². The van der Waals surface area contributed by atoms with Gasteiger partial charge in [0, 0.05) is 26.2 Å². The zero-order valence-corrected chi connectivity index (χ0v) is 17.9. The number of hydrogen-bond donors (Lipinski definition) is 3. The molecule has 0 saturated carbocycles. The SMILES string of the molecule is CCN(CC)S(=O)(=O)c1ccc(CNC(=O)C2CNNC2c2ccc(F)cc2)cc1. The van der Waals surface area contributed by atoms with E-state index >= 15 is 0 Å². The lowest BCUT2D eigenvalue weighted by Gasteiger charge is -2.19. The Morgan fingerprint density at radius 2 is 1.73 bits per heavy atom. The Bertz CT molecular complexity index is 961. The molecular weight excluding hydrogens is 407 g/mol. The molecular formula is C21H27FN4O3S. The van der Waals surface area contributed by atoms with Crippen molar-refractivity contribution in [2.75, 3.05) is 19.6 Å². The number of carbonyl (C=O) groups excluding carboxylic acids is 1. The second-order valence-corrected chi connectivity index (χ2v) is 9.05. The third-order valence-electron chi connectivity index (χ3n) is 5.28.